The molecule has 0 unspecified atom stereocenters. The molecule has 3 N–H and O–H groups in total. The van der Waals surface area contributed by atoms with Crippen molar-refractivity contribution in [2.75, 3.05) is 18.4 Å². The molecule has 5 nitrogen and oxygen atoms in total. The summed E-state index contributed by atoms with van der Waals surface area (Å²) in [6, 6.07) is 13.2. The number of β-amino-alcohol motifs (C(OH)–C–C–N with tert-alkyl or cyclic N) is 1. The van der Waals surface area contributed by atoms with Crippen LogP contribution in [0.25, 0.3) is 0 Å². The van der Waals surface area contributed by atoms with E-state index in [9.17, 15) is 23.1 Å². The fourth-order valence-corrected chi connectivity index (χ4v) is 3.26. The molecule has 1 fully saturated rings. The van der Waals surface area contributed by atoms with Gasteiger partial charge in [0.2, 0.25) is 0 Å². The van der Waals surface area contributed by atoms with Crippen LogP contribution in [-0.2, 0) is 12.7 Å². The van der Waals surface area contributed by atoms with Crippen LogP contribution in [0, 0.1) is 0 Å². The summed E-state index contributed by atoms with van der Waals surface area (Å²) in [7, 11) is 0. The standard InChI is InChI=1S/C20H22F3N3O2/c21-20(22,23)15-7-4-8-16(11-15)24-19(28)25-17-9-10-26(13-18(17)27)12-14-5-2-1-3-6-14/h1-8,11,17-18,27H,9-10,12-13H2,(H2,24,25,28)/t17-,18-/m0/s1. The van der Waals surface area contributed by atoms with Crippen LogP contribution >= 0.6 is 0 Å². The molecule has 1 aliphatic rings. The number of hydrogen-bond acceptors (Lipinski definition) is 3. The molecule has 1 aliphatic heterocycles. The van der Waals surface area contributed by atoms with Gasteiger partial charge in [-0.25, -0.2) is 4.79 Å². The lowest BCUT2D eigenvalue weighted by Gasteiger charge is -2.36. The Morgan fingerprint density at radius 3 is 2.57 bits per heavy atom. The number of aliphatic hydroxyl groups is 1. The van der Waals surface area contributed by atoms with Crippen molar-refractivity contribution in [2.24, 2.45) is 0 Å². The number of carbonyl (C=O) groups is 1. The second kappa shape index (κ2) is 8.62. The third kappa shape index (κ3) is 5.46. The average Bonchev–Trinajstić information content (AvgIpc) is 2.64. The van der Waals surface area contributed by atoms with Gasteiger partial charge in [0.25, 0.3) is 0 Å². The fraction of sp³-hybridized carbons (Fsp3) is 0.350. The van der Waals surface area contributed by atoms with Crippen molar-refractivity contribution in [3.63, 3.8) is 0 Å². The predicted octanol–water partition coefficient (Wildman–Crippen LogP) is 3.46. The Labute approximate surface area is 161 Å². The zero-order chi connectivity index (χ0) is 20.1. The first kappa shape index (κ1) is 20.2. The number of halogens is 3. The van der Waals surface area contributed by atoms with Gasteiger partial charge in [-0.05, 0) is 30.2 Å². The lowest BCUT2D eigenvalue weighted by molar-refractivity contribution is -0.137. The van der Waals surface area contributed by atoms with Crippen LogP contribution in [0.2, 0.25) is 0 Å². The van der Waals surface area contributed by atoms with Crippen LogP contribution in [-0.4, -0.2) is 41.3 Å². The van der Waals surface area contributed by atoms with Gasteiger partial charge in [0, 0.05) is 25.3 Å². The first-order valence-corrected chi connectivity index (χ1v) is 9.00. The molecular weight excluding hydrogens is 371 g/mol. The number of amides is 2. The normalized spacial score (nSPS) is 20.6. The predicted molar refractivity (Wildman–Crippen MR) is 99.7 cm³/mol. The van der Waals surface area contributed by atoms with E-state index in [0.29, 0.717) is 26.1 Å². The van der Waals surface area contributed by atoms with Gasteiger partial charge in [0.15, 0.2) is 0 Å². The highest BCUT2D eigenvalue weighted by atomic mass is 19.4. The average molecular weight is 393 g/mol. The summed E-state index contributed by atoms with van der Waals surface area (Å²) in [6.45, 7) is 1.81. The second-order valence-corrected chi connectivity index (χ2v) is 6.86. The monoisotopic (exact) mass is 393 g/mol. The van der Waals surface area contributed by atoms with Crippen molar-refractivity contribution in [1.82, 2.24) is 10.2 Å². The van der Waals surface area contributed by atoms with Gasteiger partial charge in [-0.15, -0.1) is 0 Å². The summed E-state index contributed by atoms with van der Waals surface area (Å²) >= 11 is 0. The fourth-order valence-electron chi connectivity index (χ4n) is 3.26. The smallest absolute Gasteiger partial charge is 0.390 e. The van der Waals surface area contributed by atoms with Gasteiger partial charge in [-0.2, -0.15) is 13.2 Å². The quantitative estimate of drug-likeness (QED) is 0.746. The summed E-state index contributed by atoms with van der Waals surface area (Å²) < 4.78 is 38.3. The van der Waals surface area contributed by atoms with Crippen molar-refractivity contribution in [3.05, 3.63) is 65.7 Å². The number of likely N-dealkylation sites (tertiary alicyclic amines) is 1. The SMILES string of the molecule is O=C(Nc1cccc(C(F)(F)F)c1)N[C@H]1CCN(Cc2ccccc2)C[C@@H]1O. The molecule has 8 heteroatoms. The van der Waals surface area contributed by atoms with Gasteiger partial charge < -0.3 is 15.7 Å². The minimum Gasteiger partial charge on any atom is -0.390 e. The molecule has 0 aliphatic carbocycles. The highest BCUT2D eigenvalue weighted by molar-refractivity contribution is 5.89. The number of alkyl halides is 3. The van der Waals surface area contributed by atoms with E-state index in [1.165, 1.54) is 12.1 Å². The lowest BCUT2D eigenvalue weighted by atomic mass is 10.0. The number of nitrogens with one attached hydrogen (secondary N) is 2. The first-order chi connectivity index (χ1) is 13.3. The highest BCUT2D eigenvalue weighted by Crippen LogP contribution is 2.30. The van der Waals surface area contributed by atoms with Crippen LogP contribution in [0.5, 0.6) is 0 Å². The Kier molecular flexibility index (Phi) is 6.21. The molecule has 0 aromatic heterocycles. The van der Waals surface area contributed by atoms with Crippen molar-refractivity contribution in [2.45, 2.75) is 31.3 Å². The zero-order valence-electron chi connectivity index (χ0n) is 15.1. The van der Waals surface area contributed by atoms with Gasteiger partial charge in [0.05, 0.1) is 17.7 Å². The lowest BCUT2D eigenvalue weighted by Crippen LogP contribution is -2.54. The maximum absolute atomic E-state index is 12.8. The van der Waals surface area contributed by atoms with Crippen molar-refractivity contribution >= 4 is 11.7 Å². The molecule has 3 rings (SSSR count). The van der Waals surface area contributed by atoms with Gasteiger partial charge in [-0.1, -0.05) is 36.4 Å². The molecule has 28 heavy (non-hydrogen) atoms. The largest absolute Gasteiger partial charge is 0.416 e. The third-order valence-electron chi connectivity index (χ3n) is 4.68. The summed E-state index contributed by atoms with van der Waals surface area (Å²) in [6.07, 6.45) is -4.69. The molecule has 0 saturated carbocycles. The van der Waals surface area contributed by atoms with Crippen LogP contribution in [0.4, 0.5) is 23.7 Å². The number of urea groups is 1. The van der Waals surface area contributed by atoms with Crippen LogP contribution in [0.1, 0.15) is 17.5 Å². The Hall–Kier alpha value is -2.58. The summed E-state index contributed by atoms with van der Waals surface area (Å²) in [5, 5.41) is 15.4. The molecule has 0 spiro atoms. The number of hydrogen-bond donors (Lipinski definition) is 3. The number of anilines is 1. The maximum Gasteiger partial charge on any atom is 0.416 e. The molecule has 1 saturated heterocycles. The molecule has 150 valence electrons. The third-order valence-corrected chi connectivity index (χ3v) is 4.68. The van der Waals surface area contributed by atoms with E-state index in [1.807, 2.05) is 30.3 Å². The van der Waals surface area contributed by atoms with E-state index in [4.69, 9.17) is 0 Å². The van der Waals surface area contributed by atoms with Crippen molar-refractivity contribution < 1.29 is 23.1 Å². The minimum atomic E-state index is -4.48. The van der Waals surface area contributed by atoms with Gasteiger partial charge in [0.1, 0.15) is 0 Å². The Morgan fingerprint density at radius 2 is 1.89 bits per heavy atom. The number of nitrogens with zero attached hydrogens (tertiary/aromatic N) is 1. The van der Waals surface area contributed by atoms with Crippen LogP contribution in [0.3, 0.4) is 0 Å². The van der Waals surface area contributed by atoms with Crippen molar-refractivity contribution in [1.29, 1.82) is 0 Å². The van der Waals surface area contributed by atoms with E-state index in [1.54, 1.807) is 0 Å². The van der Waals surface area contributed by atoms with E-state index in [-0.39, 0.29) is 5.69 Å². The van der Waals surface area contributed by atoms with Crippen LogP contribution in [0.15, 0.2) is 54.6 Å². The molecule has 2 aromatic carbocycles. The Balaban J connectivity index is 1.51. The minimum absolute atomic E-state index is 0.0447. The molecular formula is C20H22F3N3O2. The number of piperidine rings is 1. The molecule has 1 heterocycles. The number of rotatable bonds is 4. The number of aliphatic hydroxyl groups excluding tert-OH is 1. The molecule has 2 amide bonds. The van der Waals surface area contributed by atoms with Gasteiger partial charge >= 0.3 is 12.2 Å². The topological polar surface area (TPSA) is 64.6 Å². The van der Waals surface area contributed by atoms with E-state index < -0.39 is 29.9 Å². The summed E-state index contributed by atoms with van der Waals surface area (Å²) in [5.41, 5.74) is 0.353. The molecule has 2 aromatic rings. The van der Waals surface area contributed by atoms with E-state index in [0.717, 1.165) is 17.7 Å². The van der Waals surface area contributed by atoms with E-state index >= 15 is 0 Å². The van der Waals surface area contributed by atoms with Gasteiger partial charge in [-0.3, -0.25) is 4.90 Å². The molecule has 0 bridgehead atoms. The maximum atomic E-state index is 12.8. The van der Waals surface area contributed by atoms with Crippen LogP contribution < -0.4 is 10.6 Å². The Morgan fingerprint density at radius 1 is 1.14 bits per heavy atom. The Bertz CT molecular complexity index is 799. The molecule has 2 atom stereocenters. The van der Waals surface area contributed by atoms with Crippen molar-refractivity contribution in [3.8, 4) is 0 Å². The summed E-state index contributed by atoms with van der Waals surface area (Å²) in [4.78, 5) is 14.2. The summed E-state index contributed by atoms with van der Waals surface area (Å²) in [5.74, 6) is 0. The number of carbonyl (C=O) groups excluding carboxylic acids is 1. The second-order valence-electron chi connectivity index (χ2n) is 6.86. The zero-order valence-corrected chi connectivity index (χ0v) is 15.1. The van der Waals surface area contributed by atoms with E-state index in [2.05, 4.69) is 15.5 Å². The molecule has 0 radical (unpaired) electrons. The number of benzene rings is 2. The highest BCUT2D eigenvalue weighted by Gasteiger charge is 2.31. The first-order valence-electron chi connectivity index (χ1n) is 9.00.